The van der Waals surface area contributed by atoms with E-state index in [9.17, 15) is 9.18 Å². The number of aromatic nitrogens is 4. The minimum atomic E-state index is -0.576. The van der Waals surface area contributed by atoms with Crippen molar-refractivity contribution in [2.24, 2.45) is 0 Å². The molecule has 1 aromatic carbocycles. The van der Waals surface area contributed by atoms with Gasteiger partial charge in [-0.3, -0.25) is 9.36 Å². The van der Waals surface area contributed by atoms with Gasteiger partial charge in [0, 0.05) is 12.4 Å². The third-order valence-corrected chi connectivity index (χ3v) is 4.52. The number of nitrogens with one attached hydrogen (secondary N) is 1. The van der Waals surface area contributed by atoms with Crippen molar-refractivity contribution in [1.29, 1.82) is 0 Å². The number of rotatable bonds is 4. The fraction of sp³-hybridized carbons (Fsp3) is 0.222. The van der Waals surface area contributed by atoms with E-state index >= 15 is 0 Å². The summed E-state index contributed by atoms with van der Waals surface area (Å²) in [6.45, 7) is 1.86. The lowest BCUT2D eigenvalue weighted by Crippen LogP contribution is -2.28. The summed E-state index contributed by atoms with van der Waals surface area (Å²) < 4.78 is 14.9. The first-order valence-electron chi connectivity index (χ1n) is 7.98. The Kier molecular flexibility index (Phi) is 3.56. The average Bonchev–Trinajstić information content (AvgIpc) is 3.32. The Balaban J connectivity index is 1.51. The summed E-state index contributed by atoms with van der Waals surface area (Å²) >= 11 is 0. The van der Waals surface area contributed by atoms with Crippen LogP contribution in [0.4, 0.5) is 10.1 Å². The molecule has 1 N–H and O–H groups in total. The van der Waals surface area contributed by atoms with Gasteiger partial charge in [-0.1, -0.05) is 12.1 Å². The van der Waals surface area contributed by atoms with Crippen LogP contribution in [0.2, 0.25) is 0 Å². The number of hydrogen-bond acceptors (Lipinski definition) is 4. The van der Waals surface area contributed by atoms with Crippen molar-refractivity contribution in [3.8, 4) is 5.95 Å². The minimum absolute atomic E-state index is 0.116. The fourth-order valence-electron chi connectivity index (χ4n) is 2.89. The summed E-state index contributed by atoms with van der Waals surface area (Å²) in [5, 5.41) is 2.86. The third-order valence-electron chi connectivity index (χ3n) is 4.52. The van der Waals surface area contributed by atoms with Gasteiger partial charge in [-0.05, 0) is 37.5 Å². The molecule has 0 atom stereocenters. The third kappa shape index (κ3) is 2.77. The van der Waals surface area contributed by atoms with Crippen LogP contribution in [0.1, 0.15) is 24.2 Å². The molecule has 25 heavy (non-hydrogen) atoms. The largest absolute Gasteiger partial charge is 0.323 e. The smallest absolute Gasteiger partial charge is 0.235 e. The van der Waals surface area contributed by atoms with E-state index in [1.54, 1.807) is 41.5 Å². The predicted octanol–water partition coefficient (Wildman–Crippen LogP) is 2.78. The first-order valence-corrected chi connectivity index (χ1v) is 7.98. The molecule has 126 valence electrons. The van der Waals surface area contributed by atoms with Crippen molar-refractivity contribution in [2.45, 2.75) is 25.2 Å². The standard InChI is InChI=1S/C18H16FN5O/c1-12-20-8-9-24(12)17-21-10-15(11-22-17)23-16(25)18(6-7-18)13-2-4-14(19)5-3-13/h2-5,8-11H,6-7H2,1H3,(H,23,25). The van der Waals surface area contributed by atoms with E-state index in [2.05, 4.69) is 20.3 Å². The van der Waals surface area contributed by atoms with Gasteiger partial charge >= 0.3 is 0 Å². The van der Waals surface area contributed by atoms with E-state index in [1.165, 1.54) is 12.1 Å². The van der Waals surface area contributed by atoms with Crippen LogP contribution in [0.5, 0.6) is 0 Å². The number of benzene rings is 1. The lowest BCUT2D eigenvalue weighted by molar-refractivity contribution is -0.118. The first-order chi connectivity index (χ1) is 12.1. The van der Waals surface area contributed by atoms with Gasteiger partial charge in [-0.2, -0.15) is 0 Å². The summed E-state index contributed by atoms with van der Waals surface area (Å²) in [4.78, 5) is 25.3. The van der Waals surface area contributed by atoms with Crippen LogP contribution >= 0.6 is 0 Å². The molecule has 2 heterocycles. The van der Waals surface area contributed by atoms with Crippen LogP contribution in [0.25, 0.3) is 5.95 Å². The molecule has 0 aliphatic heterocycles. The Morgan fingerprint density at radius 1 is 1.16 bits per heavy atom. The number of imidazole rings is 1. The predicted molar refractivity (Wildman–Crippen MR) is 89.8 cm³/mol. The highest BCUT2D eigenvalue weighted by atomic mass is 19.1. The van der Waals surface area contributed by atoms with Crippen molar-refractivity contribution in [3.63, 3.8) is 0 Å². The average molecular weight is 337 g/mol. The summed E-state index contributed by atoms with van der Waals surface area (Å²) in [6.07, 6.45) is 8.08. The van der Waals surface area contributed by atoms with E-state index in [0.717, 1.165) is 24.2 Å². The molecule has 1 fully saturated rings. The molecule has 1 saturated carbocycles. The normalized spacial score (nSPS) is 15.0. The number of carbonyl (C=O) groups excluding carboxylic acids is 1. The van der Waals surface area contributed by atoms with Gasteiger partial charge in [0.05, 0.1) is 23.5 Å². The molecule has 7 heteroatoms. The van der Waals surface area contributed by atoms with Gasteiger partial charge in [-0.15, -0.1) is 0 Å². The minimum Gasteiger partial charge on any atom is -0.323 e. The van der Waals surface area contributed by atoms with E-state index < -0.39 is 5.41 Å². The Morgan fingerprint density at radius 3 is 2.40 bits per heavy atom. The van der Waals surface area contributed by atoms with Crippen molar-refractivity contribution in [3.05, 3.63) is 66.3 Å². The van der Waals surface area contributed by atoms with E-state index in [4.69, 9.17) is 0 Å². The molecule has 4 rings (SSSR count). The Hall–Kier alpha value is -3.09. The lowest BCUT2D eigenvalue weighted by atomic mass is 9.95. The molecule has 1 aliphatic carbocycles. The number of carbonyl (C=O) groups is 1. The number of hydrogen-bond donors (Lipinski definition) is 1. The van der Waals surface area contributed by atoms with Gasteiger partial charge < -0.3 is 5.32 Å². The first kappa shape index (κ1) is 15.4. The van der Waals surface area contributed by atoms with Crippen molar-refractivity contribution in [2.75, 3.05) is 5.32 Å². The molecule has 0 saturated heterocycles. The molecule has 0 spiro atoms. The van der Waals surface area contributed by atoms with Gasteiger partial charge in [-0.25, -0.2) is 19.3 Å². The molecule has 6 nitrogen and oxygen atoms in total. The zero-order chi connectivity index (χ0) is 17.4. The van der Waals surface area contributed by atoms with Gasteiger partial charge in [0.1, 0.15) is 11.6 Å². The van der Waals surface area contributed by atoms with Crippen LogP contribution in [-0.4, -0.2) is 25.4 Å². The van der Waals surface area contributed by atoms with E-state index in [0.29, 0.717) is 11.6 Å². The van der Waals surface area contributed by atoms with Gasteiger partial charge in [0.15, 0.2) is 0 Å². The second kappa shape index (κ2) is 5.77. The molecule has 0 bridgehead atoms. The quantitative estimate of drug-likeness (QED) is 0.794. The maximum Gasteiger partial charge on any atom is 0.235 e. The van der Waals surface area contributed by atoms with Crippen molar-refractivity contribution >= 4 is 11.6 Å². The van der Waals surface area contributed by atoms with Crippen LogP contribution in [0.3, 0.4) is 0 Å². The molecule has 0 unspecified atom stereocenters. The van der Waals surface area contributed by atoms with Crippen LogP contribution in [-0.2, 0) is 10.2 Å². The van der Waals surface area contributed by atoms with Crippen molar-refractivity contribution in [1.82, 2.24) is 19.5 Å². The van der Waals surface area contributed by atoms with Crippen LogP contribution in [0, 0.1) is 12.7 Å². The summed E-state index contributed by atoms with van der Waals surface area (Å²) in [5.41, 5.74) is 0.783. The van der Waals surface area contributed by atoms with Gasteiger partial charge in [0.2, 0.25) is 11.9 Å². The number of halogens is 1. The number of aryl methyl sites for hydroxylation is 1. The number of nitrogens with zero attached hydrogens (tertiary/aromatic N) is 4. The second-order valence-electron chi connectivity index (χ2n) is 6.16. The van der Waals surface area contributed by atoms with Crippen LogP contribution in [0.15, 0.2) is 49.1 Å². The highest BCUT2D eigenvalue weighted by molar-refractivity contribution is 6.01. The Labute approximate surface area is 143 Å². The molecule has 0 radical (unpaired) electrons. The molecule has 1 amide bonds. The van der Waals surface area contributed by atoms with E-state index in [1.807, 2.05) is 6.92 Å². The highest BCUT2D eigenvalue weighted by Gasteiger charge is 2.51. The highest BCUT2D eigenvalue weighted by Crippen LogP contribution is 2.49. The summed E-state index contributed by atoms with van der Waals surface area (Å²) in [7, 11) is 0. The second-order valence-corrected chi connectivity index (χ2v) is 6.16. The summed E-state index contributed by atoms with van der Waals surface area (Å²) in [5.74, 6) is 0.853. The van der Waals surface area contributed by atoms with Crippen LogP contribution < -0.4 is 5.32 Å². The van der Waals surface area contributed by atoms with E-state index in [-0.39, 0.29) is 11.7 Å². The zero-order valence-electron chi connectivity index (χ0n) is 13.6. The summed E-state index contributed by atoms with van der Waals surface area (Å²) in [6, 6.07) is 6.11. The monoisotopic (exact) mass is 337 g/mol. The molecule has 2 aromatic heterocycles. The maximum absolute atomic E-state index is 13.1. The SMILES string of the molecule is Cc1nccn1-c1ncc(NC(=O)C2(c3ccc(F)cc3)CC2)cn1. The molecular weight excluding hydrogens is 321 g/mol. The molecule has 1 aliphatic rings. The Bertz CT molecular complexity index is 913. The Morgan fingerprint density at radius 2 is 1.84 bits per heavy atom. The zero-order valence-corrected chi connectivity index (χ0v) is 13.6. The maximum atomic E-state index is 13.1. The number of anilines is 1. The van der Waals surface area contributed by atoms with Crippen molar-refractivity contribution < 1.29 is 9.18 Å². The number of amides is 1. The van der Waals surface area contributed by atoms with Gasteiger partial charge in [0.25, 0.3) is 0 Å². The lowest BCUT2D eigenvalue weighted by Gasteiger charge is -2.15. The molecular formula is C18H16FN5O. The fourth-order valence-corrected chi connectivity index (χ4v) is 2.89. The molecule has 3 aromatic rings. The topological polar surface area (TPSA) is 72.7 Å².